The zero-order valence-electron chi connectivity index (χ0n) is 13.7. The fourth-order valence-electron chi connectivity index (χ4n) is 3.14. The Kier molecular flexibility index (Phi) is 4.26. The van der Waals surface area contributed by atoms with Gasteiger partial charge in [0.25, 0.3) is 0 Å². The molecule has 116 valence electrons. The molecule has 1 N–H and O–H groups in total. The number of hydrogen-bond acceptors (Lipinski definition) is 2. The Bertz CT molecular complexity index is 490. The molecule has 0 saturated heterocycles. The maximum absolute atomic E-state index is 5.78. The van der Waals surface area contributed by atoms with E-state index in [1.165, 1.54) is 49.8 Å². The lowest BCUT2D eigenvalue weighted by atomic mass is 9.83. The number of fused-ring (bicyclic) bond motifs is 1. The van der Waals surface area contributed by atoms with Gasteiger partial charge in [-0.2, -0.15) is 0 Å². The summed E-state index contributed by atoms with van der Waals surface area (Å²) in [6.45, 7) is 8.13. The van der Waals surface area contributed by atoms with Crippen molar-refractivity contribution >= 4 is 0 Å². The van der Waals surface area contributed by atoms with Crippen molar-refractivity contribution in [3.63, 3.8) is 0 Å². The predicted molar refractivity (Wildman–Crippen MR) is 88.0 cm³/mol. The van der Waals surface area contributed by atoms with Gasteiger partial charge >= 0.3 is 0 Å². The first kappa shape index (κ1) is 14.9. The molecular formula is C19H29NO. The fourth-order valence-corrected chi connectivity index (χ4v) is 3.14. The lowest BCUT2D eigenvalue weighted by molar-refractivity contribution is 0.254. The smallest absolute Gasteiger partial charge is 0.123 e. The van der Waals surface area contributed by atoms with Gasteiger partial charge < -0.3 is 10.1 Å². The van der Waals surface area contributed by atoms with Gasteiger partial charge in [0.2, 0.25) is 0 Å². The summed E-state index contributed by atoms with van der Waals surface area (Å²) in [6.07, 6.45) is 7.89. The monoisotopic (exact) mass is 287 g/mol. The number of ether oxygens (including phenoxy) is 1. The van der Waals surface area contributed by atoms with E-state index in [4.69, 9.17) is 4.74 Å². The van der Waals surface area contributed by atoms with Gasteiger partial charge in [-0.1, -0.05) is 26.0 Å². The van der Waals surface area contributed by atoms with Crippen LogP contribution in [0.5, 0.6) is 5.75 Å². The molecule has 1 aromatic rings. The molecule has 2 nitrogen and oxygen atoms in total. The third kappa shape index (κ3) is 4.23. The van der Waals surface area contributed by atoms with Crippen LogP contribution in [-0.4, -0.2) is 18.7 Å². The lowest BCUT2D eigenvalue weighted by Gasteiger charge is -2.25. The third-order valence-electron chi connectivity index (χ3n) is 4.86. The molecule has 1 atom stereocenters. The van der Waals surface area contributed by atoms with E-state index >= 15 is 0 Å². The van der Waals surface area contributed by atoms with E-state index in [9.17, 15) is 0 Å². The molecule has 2 heteroatoms. The molecule has 1 aromatic carbocycles. The highest BCUT2D eigenvalue weighted by Crippen LogP contribution is 2.32. The number of hydrogen-bond donors (Lipinski definition) is 1. The SMILES string of the molecule is CC1Cc2cc(CCC(C)(C)CCNC3CC3)ccc2O1. The summed E-state index contributed by atoms with van der Waals surface area (Å²) in [5.41, 5.74) is 3.29. The molecule has 1 aliphatic carbocycles. The normalized spacial score (nSPS) is 21.2. The number of aryl methyl sites for hydroxylation is 1. The standard InChI is InChI=1S/C19H29NO/c1-14-12-16-13-15(4-7-18(16)21-14)8-9-19(2,3)10-11-20-17-5-6-17/h4,7,13-14,17,20H,5-6,8-12H2,1-3H3. The summed E-state index contributed by atoms with van der Waals surface area (Å²) in [7, 11) is 0. The van der Waals surface area contributed by atoms with E-state index in [-0.39, 0.29) is 0 Å². The van der Waals surface area contributed by atoms with Gasteiger partial charge in [0, 0.05) is 12.5 Å². The van der Waals surface area contributed by atoms with E-state index in [0.717, 1.165) is 18.2 Å². The quantitative estimate of drug-likeness (QED) is 0.815. The number of nitrogens with one attached hydrogen (secondary N) is 1. The zero-order chi connectivity index (χ0) is 14.9. The first-order valence-electron chi connectivity index (χ1n) is 8.54. The van der Waals surface area contributed by atoms with Crippen LogP contribution < -0.4 is 10.1 Å². The van der Waals surface area contributed by atoms with E-state index in [2.05, 4.69) is 44.3 Å². The number of benzene rings is 1. The molecule has 0 amide bonds. The predicted octanol–water partition coefficient (Wildman–Crippen LogP) is 4.11. The second-order valence-electron chi connectivity index (χ2n) is 7.72. The molecule has 3 rings (SSSR count). The molecule has 0 aromatic heterocycles. The van der Waals surface area contributed by atoms with Crippen LogP contribution in [0.25, 0.3) is 0 Å². The van der Waals surface area contributed by atoms with Crippen molar-refractivity contribution < 1.29 is 4.74 Å². The molecule has 1 heterocycles. The minimum Gasteiger partial charge on any atom is -0.490 e. The third-order valence-corrected chi connectivity index (χ3v) is 4.86. The van der Waals surface area contributed by atoms with Crippen molar-refractivity contribution in [3.8, 4) is 5.75 Å². The lowest BCUT2D eigenvalue weighted by Crippen LogP contribution is -2.24. The summed E-state index contributed by atoms with van der Waals surface area (Å²) in [5, 5.41) is 3.63. The highest BCUT2D eigenvalue weighted by molar-refractivity contribution is 5.40. The van der Waals surface area contributed by atoms with Gasteiger partial charge in [-0.05, 0) is 68.2 Å². The molecule has 0 spiro atoms. The van der Waals surface area contributed by atoms with Crippen LogP contribution in [0.2, 0.25) is 0 Å². The minimum atomic E-state index is 0.347. The second-order valence-corrected chi connectivity index (χ2v) is 7.72. The maximum atomic E-state index is 5.78. The average Bonchev–Trinajstić information content (AvgIpc) is 3.16. The topological polar surface area (TPSA) is 21.3 Å². The first-order valence-corrected chi connectivity index (χ1v) is 8.54. The Labute approximate surface area is 129 Å². The van der Waals surface area contributed by atoms with Crippen molar-refractivity contribution in [1.29, 1.82) is 0 Å². The highest BCUT2D eigenvalue weighted by atomic mass is 16.5. The summed E-state index contributed by atoms with van der Waals surface area (Å²) in [5.74, 6) is 1.10. The van der Waals surface area contributed by atoms with Crippen molar-refractivity contribution in [2.45, 2.75) is 71.4 Å². The van der Waals surface area contributed by atoms with E-state index in [1.54, 1.807) is 0 Å². The van der Waals surface area contributed by atoms with Gasteiger partial charge in [-0.15, -0.1) is 0 Å². The van der Waals surface area contributed by atoms with Gasteiger partial charge in [0.05, 0.1) is 0 Å². The van der Waals surface area contributed by atoms with Gasteiger partial charge in [0.1, 0.15) is 11.9 Å². The zero-order valence-corrected chi connectivity index (χ0v) is 13.7. The Balaban J connectivity index is 1.48. The minimum absolute atomic E-state index is 0.347. The largest absolute Gasteiger partial charge is 0.490 e. The summed E-state index contributed by atoms with van der Waals surface area (Å²) < 4.78 is 5.78. The Morgan fingerprint density at radius 2 is 2.05 bits per heavy atom. The summed E-state index contributed by atoms with van der Waals surface area (Å²) in [4.78, 5) is 0. The molecule has 0 bridgehead atoms. The van der Waals surface area contributed by atoms with Crippen molar-refractivity contribution in [2.75, 3.05) is 6.54 Å². The van der Waals surface area contributed by atoms with Crippen LogP contribution in [0.4, 0.5) is 0 Å². The van der Waals surface area contributed by atoms with E-state index in [0.29, 0.717) is 11.5 Å². The van der Waals surface area contributed by atoms with Crippen LogP contribution in [-0.2, 0) is 12.8 Å². The molecule has 1 aliphatic heterocycles. The van der Waals surface area contributed by atoms with Crippen LogP contribution in [0.3, 0.4) is 0 Å². The molecule has 2 aliphatic rings. The Morgan fingerprint density at radius 1 is 1.24 bits per heavy atom. The summed E-state index contributed by atoms with van der Waals surface area (Å²) >= 11 is 0. The molecule has 21 heavy (non-hydrogen) atoms. The van der Waals surface area contributed by atoms with Crippen molar-refractivity contribution in [2.24, 2.45) is 5.41 Å². The van der Waals surface area contributed by atoms with Gasteiger partial charge in [-0.3, -0.25) is 0 Å². The molecule has 0 radical (unpaired) electrons. The van der Waals surface area contributed by atoms with Crippen molar-refractivity contribution in [3.05, 3.63) is 29.3 Å². The van der Waals surface area contributed by atoms with E-state index in [1.807, 2.05) is 0 Å². The molecule has 1 saturated carbocycles. The van der Waals surface area contributed by atoms with E-state index < -0.39 is 0 Å². The van der Waals surface area contributed by atoms with Crippen LogP contribution in [0, 0.1) is 5.41 Å². The van der Waals surface area contributed by atoms with Gasteiger partial charge in [-0.25, -0.2) is 0 Å². The molecule has 1 unspecified atom stereocenters. The fraction of sp³-hybridized carbons (Fsp3) is 0.684. The second kappa shape index (κ2) is 6.00. The van der Waals surface area contributed by atoms with Crippen LogP contribution in [0.15, 0.2) is 18.2 Å². The maximum Gasteiger partial charge on any atom is 0.123 e. The first-order chi connectivity index (χ1) is 10.0. The number of rotatable bonds is 7. The average molecular weight is 287 g/mol. The summed E-state index contributed by atoms with van der Waals surface area (Å²) in [6, 6.07) is 7.60. The molecular weight excluding hydrogens is 258 g/mol. The van der Waals surface area contributed by atoms with Crippen LogP contribution >= 0.6 is 0 Å². The van der Waals surface area contributed by atoms with Crippen LogP contribution in [0.1, 0.15) is 57.6 Å². The highest BCUT2D eigenvalue weighted by Gasteiger charge is 2.23. The van der Waals surface area contributed by atoms with Gasteiger partial charge in [0.15, 0.2) is 0 Å². The van der Waals surface area contributed by atoms with Crippen molar-refractivity contribution in [1.82, 2.24) is 5.32 Å². The Morgan fingerprint density at radius 3 is 2.81 bits per heavy atom. The molecule has 1 fully saturated rings. The Hall–Kier alpha value is -1.02.